The highest BCUT2D eigenvalue weighted by atomic mass is 32.1. The van der Waals surface area contributed by atoms with Crippen molar-refractivity contribution in [3.05, 3.63) is 77.1 Å². The minimum absolute atomic E-state index is 0.0924. The summed E-state index contributed by atoms with van der Waals surface area (Å²) in [7, 11) is 0. The number of thiocarbonyl (C=S) groups is 1. The lowest BCUT2D eigenvalue weighted by atomic mass is 10.2. The summed E-state index contributed by atoms with van der Waals surface area (Å²) < 4.78 is 0. The summed E-state index contributed by atoms with van der Waals surface area (Å²) in [4.78, 5) is 15.1. The Morgan fingerprint density at radius 2 is 1.54 bits per heavy atom. The maximum Gasteiger partial charge on any atom is 0.277 e. The third-order valence-electron chi connectivity index (χ3n) is 3.37. The SMILES string of the molecule is NC(=S)N=Nc1cc(Nc2ccccc2)c(Nc2ccccc2)[nH]c1=O. The van der Waals surface area contributed by atoms with E-state index in [0.717, 1.165) is 11.4 Å². The van der Waals surface area contributed by atoms with Crippen molar-refractivity contribution in [1.29, 1.82) is 0 Å². The molecule has 0 bridgehead atoms. The molecule has 0 amide bonds. The molecule has 0 spiro atoms. The van der Waals surface area contributed by atoms with Gasteiger partial charge >= 0.3 is 0 Å². The second-order valence-corrected chi connectivity index (χ2v) is 5.71. The predicted molar refractivity (Wildman–Crippen MR) is 108 cm³/mol. The van der Waals surface area contributed by atoms with Crippen LogP contribution in [0.3, 0.4) is 0 Å². The van der Waals surface area contributed by atoms with Gasteiger partial charge in [-0.25, -0.2) is 0 Å². The smallest absolute Gasteiger partial charge is 0.277 e. The molecule has 0 fully saturated rings. The molecule has 0 atom stereocenters. The maximum absolute atomic E-state index is 12.3. The molecule has 130 valence electrons. The van der Waals surface area contributed by atoms with Crippen molar-refractivity contribution in [3.63, 3.8) is 0 Å². The molecule has 0 aliphatic carbocycles. The van der Waals surface area contributed by atoms with Crippen LogP contribution in [-0.2, 0) is 0 Å². The fourth-order valence-corrected chi connectivity index (χ4v) is 2.28. The fraction of sp³-hybridized carbons (Fsp3) is 0. The lowest BCUT2D eigenvalue weighted by Crippen LogP contribution is -2.11. The Kier molecular flexibility index (Phi) is 5.35. The molecule has 0 aliphatic heterocycles. The number of hydrogen-bond donors (Lipinski definition) is 4. The molecule has 0 aliphatic rings. The maximum atomic E-state index is 12.3. The van der Waals surface area contributed by atoms with Gasteiger partial charge < -0.3 is 21.4 Å². The first-order valence-corrected chi connectivity index (χ1v) is 8.15. The van der Waals surface area contributed by atoms with Crippen LogP contribution in [0.1, 0.15) is 0 Å². The van der Waals surface area contributed by atoms with E-state index >= 15 is 0 Å². The Hall–Kier alpha value is -3.52. The average molecular weight is 364 g/mol. The normalized spacial score (nSPS) is 10.6. The first kappa shape index (κ1) is 17.3. The van der Waals surface area contributed by atoms with Gasteiger partial charge in [0, 0.05) is 11.4 Å². The fourth-order valence-electron chi connectivity index (χ4n) is 2.24. The van der Waals surface area contributed by atoms with Crippen LogP contribution in [0, 0.1) is 0 Å². The molecule has 1 heterocycles. The van der Waals surface area contributed by atoms with E-state index in [2.05, 4.69) is 38.1 Å². The monoisotopic (exact) mass is 364 g/mol. The van der Waals surface area contributed by atoms with E-state index in [4.69, 9.17) is 5.73 Å². The van der Waals surface area contributed by atoms with Crippen LogP contribution in [0.5, 0.6) is 0 Å². The van der Waals surface area contributed by atoms with Gasteiger partial charge in [-0.1, -0.05) is 36.4 Å². The third-order valence-corrected chi connectivity index (χ3v) is 3.46. The Bertz CT molecular complexity index is 986. The first-order valence-electron chi connectivity index (χ1n) is 7.74. The summed E-state index contributed by atoms with van der Waals surface area (Å²) in [5.41, 5.74) is 7.30. The highest BCUT2D eigenvalue weighted by Gasteiger charge is 2.10. The van der Waals surface area contributed by atoms with Gasteiger partial charge in [-0.15, -0.1) is 10.2 Å². The summed E-state index contributed by atoms with van der Waals surface area (Å²) >= 11 is 4.67. The van der Waals surface area contributed by atoms with Crippen LogP contribution in [-0.4, -0.2) is 10.1 Å². The summed E-state index contributed by atoms with van der Waals surface area (Å²) in [6, 6.07) is 20.6. The number of para-hydroxylation sites is 2. The summed E-state index contributed by atoms with van der Waals surface area (Å²) in [6.45, 7) is 0. The highest BCUT2D eigenvalue weighted by molar-refractivity contribution is 7.80. The van der Waals surface area contributed by atoms with Crippen molar-refractivity contribution in [2.75, 3.05) is 10.6 Å². The van der Waals surface area contributed by atoms with E-state index in [1.807, 2.05) is 60.7 Å². The van der Waals surface area contributed by atoms with Crippen LogP contribution in [0.15, 0.2) is 81.8 Å². The van der Waals surface area contributed by atoms with E-state index < -0.39 is 5.56 Å². The van der Waals surface area contributed by atoms with Crippen molar-refractivity contribution in [2.45, 2.75) is 0 Å². The number of aromatic nitrogens is 1. The number of aromatic amines is 1. The van der Waals surface area contributed by atoms with E-state index in [1.54, 1.807) is 6.07 Å². The number of nitrogens with two attached hydrogens (primary N) is 1. The molecule has 0 unspecified atom stereocenters. The van der Waals surface area contributed by atoms with Crippen LogP contribution in [0.4, 0.5) is 28.6 Å². The largest absolute Gasteiger partial charge is 0.373 e. The molecule has 7 nitrogen and oxygen atoms in total. The molecule has 1 aromatic heterocycles. The summed E-state index contributed by atoms with van der Waals surface area (Å²) in [5.74, 6) is 0.499. The van der Waals surface area contributed by atoms with Crippen molar-refractivity contribution < 1.29 is 0 Å². The highest BCUT2D eigenvalue weighted by Crippen LogP contribution is 2.28. The van der Waals surface area contributed by atoms with Gasteiger partial charge in [-0.2, -0.15) is 0 Å². The second-order valence-electron chi connectivity index (χ2n) is 5.29. The molecule has 0 saturated carbocycles. The van der Waals surface area contributed by atoms with Crippen molar-refractivity contribution in [2.24, 2.45) is 16.0 Å². The average Bonchev–Trinajstić information content (AvgIpc) is 2.64. The Morgan fingerprint density at radius 1 is 0.962 bits per heavy atom. The van der Waals surface area contributed by atoms with Gasteiger partial charge in [-0.05, 0) is 42.5 Å². The number of nitrogens with zero attached hydrogens (tertiary/aromatic N) is 2. The van der Waals surface area contributed by atoms with Crippen LogP contribution in [0.2, 0.25) is 0 Å². The van der Waals surface area contributed by atoms with E-state index in [9.17, 15) is 4.79 Å². The van der Waals surface area contributed by atoms with Gasteiger partial charge in [0.05, 0.1) is 5.69 Å². The number of H-pyrrole nitrogens is 1. The van der Waals surface area contributed by atoms with Crippen LogP contribution in [0.25, 0.3) is 0 Å². The molecule has 3 aromatic rings. The molecule has 0 saturated heterocycles. The summed E-state index contributed by atoms with van der Waals surface area (Å²) in [5, 5.41) is 13.7. The topological polar surface area (TPSA) is 108 Å². The Morgan fingerprint density at radius 3 is 2.12 bits per heavy atom. The zero-order valence-electron chi connectivity index (χ0n) is 13.6. The van der Waals surface area contributed by atoms with Gasteiger partial charge in [0.15, 0.2) is 5.69 Å². The van der Waals surface area contributed by atoms with Crippen molar-refractivity contribution in [3.8, 4) is 0 Å². The number of anilines is 4. The zero-order valence-corrected chi connectivity index (χ0v) is 14.5. The van der Waals surface area contributed by atoms with Gasteiger partial charge in [-0.3, -0.25) is 4.79 Å². The molecular formula is C18H16N6OS. The number of nitrogens with one attached hydrogen (secondary N) is 3. The number of rotatable bonds is 5. The quantitative estimate of drug-likeness (QED) is 0.401. The van der Waals surface area contributed by atoms with E-state index in [0.29, 0.717) is 11.5 Å². The molecule has 0 radical (unpaired) electrons. The van der Waals surface area contributed by atoms with Crippen LogP contribution >= 0.6 is 12.2 Å². The number of pyridine rings is 1. The van der Waals surface area contributed by atoms with Gasteiger partial charge in [0.2, 0.25) is 5.11 Å². The van der Waals surface area contributed by atoms with Crippen molar-refractivity contribution in [1.82, 2.24) is 4.98 Å². The molecular weight excluding hydrogens is 348 g/mol. The first-order chi connectivity index (χ1) is 12.6. The minimum atomic E-state index is -0.415. The van der Waals surface area contributed by atoms with Gasteiger partial charge in [0.25, 0.3) is 5.56 Å². The Balaban J connectivity index is 2.02. The molecule has 26 heavy (non-hydrogen) atoms. The lowest BCUT2D eigenvalue weighted by Gasteiger charge is -2.14. The lowest BCUT2D eigenvalue weighted by molar-refractivity contribution is 1.17. The van der Waals surface area contributed by atoms with Crippen LogP contribution < -0.4 is 21.9 Å². The van der Waals surface area contributed by atoms with E-state index in [-0.39, 0.29) is 10.8 Å². The van der Waals surface area contributed by atoms with Crippen molar-refractivity contribution >= 4 is 45.9 Å². The van der Waals surface area contributed by atoms with E-state index in [1.165, 1.54) is 0 Å². The standard InChI is InChI=1S/C18H16N6OS/c19-18(26)24-23-15-11-14(20-12-7-3-1-4-8-12)16(22-17(15)25)21-13-9-5-2-6-10-13/h1-11,20H,(H2,19,26)(H2,21,22,25). The second kappa shape index (κ2) is 8.04. The predicted octanol–water partition coefficient (Wildman–Crippen LogP) is 4.19. The third kappa shape index (κ3) is 4.52. The summed E-state index contributed by atoms with van der Waals surface area (Å²) in [6.07, 6.45) is 0. The zero-order chi connectivity index (χ0) is 18.4. The Labute approximate surface area is 155 Å². The number of azo groups is 1. The minimum Gasteiger partial charge on any atom is -0.373 e. The molecule has 8 heteroatoms. The number of benzene rings is 2. The molecule has 5 N–H and O–H groups in total. The number of hydrogen-bond acceptors (Lipinski definition) is 5. The van der Waals surface area contributed by atoms with Gasteiger partial charge in [0.1, 0.15) is 5.82 Å². The molecule has 3 rings (SSSR count). The molecule has 2 aromatic carbocycles.